The third kappa shape index (κ3) is 1.55. The van der Waals surface area contributed by atoms with Crippen molar-refractivity contribution in [3.05, 3.63) is 18.0 Å². The molecule has 0 aliphatic carbocycles. The van der Waals surface area contributed by atoms with Crippen molar-refractivity contribution < 1.29 is 4.52 Å². The molecule has 0 amide bonds. The van der Waals surface area contributed by atoms with Crippen molar-refractivity contribution in [2.75, 3.05) is 12.4 Å². The number of nitrogens with one attached hydrogen (secondary N) is 1. The van der Waals surface area contributed by atoms with Gasteiger partial charge in [0.05, 0.1) is 9.88 Å². The highest BCUT2D eigenvalue weighted by atomic mass is 32.1. The van der Waals surface area contributed by atoms with Gasteiger partial charge in [-0.25, -0.2) is 0 Å². The molecule has 5 heteroatoms. The molecule has 0 aromatic carbocycles. The minimum Gasteiger partial charge on any atom is -0.380 e. The minimum absolute atomic E-state index is 0.587. The van der Waals surface area contributed by atoms with Gasteiger partial charge in [-0.15, -0.1) is 11.3 Å². The van der Waals surface area contributed by atoms with Gasteiger partial charge in [-0.2, -0.15) is 4.98 Å². The fourth-order valence-corrected chi connectivity index (χ4v) is 1.77. The Morgan fingerprint density at radius 2 is 2.31 bits per heavy atom. The molecule has 0 saturated heterocycles. The lowest BCUT2D eigenvalue weighted by atomic mass is 10.4. The Kier molecular flexibility index (Phi) is 2.02. The second-order valence-corrected chi connectivity index (χ2v) is 3.64. The van der Waals surface area contributed by atoms with E-state index in [4.69, 9.17) is 4.52 Å². The molecule has 68 valence electrons. The number of thiophene rings is 1. The fourth-order valence-electron chi connectivity index (χ4n) is 0.984. The van der Waals surface area contributed by atoms with Gasteiger partial charge in [0, 0.05) is 7.05 Å². The SMILES string of the molecule is CNc1ccc(-c2nc(C)no2)s1. The third-order valence-corrected chi connectivity index (χ3v) is 2.68. The first-order valence-corrected chi connectivity index (χ1v) is 4.69. The molecular weight excluding hydrogens is 186 g/mol. The van der Waals surface area contributed by atoms with E-state index >= 15 is 0 Å². The van der Waals surface area contributed by atoms with Crippen LogP contribution in [0.3, 0.4) is 0 Å². The van der Waals surface area contributed by atoms with Gasteiger partial charge < -0.3 is 9.84 Å². The van der Waals surface area contributed by atoms with Gasteiger partial charge in [-0.3, -0.25) is 0 Å². The summed E-state index contributed by atoms with van der Waals surface area (Å²) in [5.41, 5.74) is 0. The maximum Gasteiger partial charge on any atom is 0.268 e. The quantitative estimate of drug-likeness (QED) is 0.797. The molecular formula is C8H9N3OS. The van der Waals surface area contributed by atoms with Gasteiger partial charge in [0.15, 0.2) is 5.82 Å². The monoisotopic (exact) mass is 195 g/mol. The van der Waals surface area contributed by atoms with Crippen LogP contribution in [0.4, 0.5) is 5.00 Å². The van der Waals surface area contributed by atoms with E-state index < -0.39 is 0 Å². The molecule has 0 atom stereocenters. The van der Waals surface area contributed by atoms with Gasteiger partial charge in [0.25, 0.3) is 5.89 Å². The van der Waals surface area contributed by atoms with Crippen molar-refractivity contribution in [3.8, 4) is 10.8 Å². The fraction of sp³-hybridized carbons (Fsp3) is 0.250. The van der Waals surface area contributed by atoms with Crippen LogP contribution in [0.5, 0.6) is 0 Å². The molecule has 0 fully saturated rings. The smallest absolute Gasteiger partial charge is 0.268 e. The summed E-state index contributed by atoms with van der Waals surface area (Å²) in [6.07, 6.45) is 0. The number of rotatable bonds is 2. The van der Waals surface area contributed by atoms with Crippen LogP contribution in [0.15, 0.2) is 16.7 Å². The van der Waals surface area contributed by atoms with Crippen molar-refractivity contribution in [1.29, 1.82) is 0 Å². The molecule has 13 heavy (non-hydrogen) atoms. The van der Waals surface area contributed by atoms with Crippen molar-refractivity contribution in [2.24, 2.45) is 0 Å². The molecule has 1 N–H and O–H groups in total. The van der Waals surface area contributed by atoms with E-state index in [0.717, 1.165) is 9.88 Å². The molecule has 0 unspecified atom stereocenters. The highest BCUT2D eigenvalue weighted by Crippen LogP contribution is 2.29. The summed E-state index contributed by atoms with van der Waals surface area (Å²) >= 11 is 1.59. The number of aryl methyl sites for hydroxylation is 1. The summed E-state index contributed by atoms with van der Waals surface area (Å²) < 4.78 is 5.03. The first kappa shape index (κ1) is 8.25. The maximum absolute atomic E-state index is 5.03. The van der Waals surface area contributed by atoms with E-state index in [1.54, 1.807) is 18.3 Å². The Hall–Kier alpha value is -1.36. The first-order chi connectivity index (χ1) is 6.29. The van der Waals surface area contributed by atoms with Gasteiger partial charge in [-0.05, 0) is 19.1 Å². The Morgan fingerprint density at radius 3 is 2.85 bits per heavy atom. The molecule has 0 radical (unpaired) electrons. The van der Waals surface area contributed by atoms with Crippen LogP contribution in [-0.4, -0.2) is 17.2 Å². The normalized spacial score (nSPS) is 10.3. The second-order valence-electron chi connectivity index (χ2n) is 2.56. The van der Waals surface area contributed by atoms with E-state index in [0.29, 0.717) is 11.7 Å². The van der Waals surface area contributed by atoms with Crippen LogP contribution in [0.2, 0.25) is 0 Å². The first-order valence-electron chi connectivity index (χ1n) is 3.88. The number of hydrogen-bond acceptors (Lipinski definition) is 5. The van der Waals surface area contributed by atoms with Crippen LogP contribution in [0, 0.1) is 6.92 Å². The Labute approximate surface area is 79.6 Å². The van der Waals surface area contributed by atoms with Crippen LogP contribution in [0.1, 0.15) is 5.82 Å². The molecule has 4 nitrogen and oxygen atoms in total. The van der Waals surface area contributed by atoms with Crippen LogP contribution >= 0.6 is 11.3 Å². The van der Waals surface area contributed by atoms with Crippen LogP contribution in [-0.2, 0) is 0 Å². The van der Waals surface area contributed by atoms with Gasteiger partial charge in [0.2, 0.25) is 0 Å². The molecule has 0 bridgehead atoms. The summed E-state index contributed by atoms with van der Waals surface area (Å²) in [5, 5.41) is 7.87. The summed E-state index contributed by atoms with van der Waals surface area (Å²) in [6.45, 7) is 1.81. The number of anilines is 1. The molecule has 2 aromatic heterocycles. The van der Waals surface area contributed by atoms with Crippen LogP contribution in [0.25, 0.3) is 10.8 Å². The number of aromatic nitrogens is 2. The summed E-state index contributed by atoms with van der Waals surface area (Å²) in [7, 11) is 1.88. The van der Waals surface area contributed by atoms with Crippen LogP contribution < -0.4 is 5.32 Å². The topological polar surface area (TPSA) is 51.0 Å². The number of hydrogen-bond donors (Lipinski definition) is 1. The average molecular weight is 195 g/mol. The van der Waals surface area contributed by atoms with Gasteiger partial charge in [0.1, 0.15) is 0 Å². The van der Waals surface area contributed by atoms with Gasteiger partial charge in [-0.1, -0.05) is 5.16 Å². The van der Waals surface area contributed by atoms with E-state index in [1.807, 2.05) is 19.2 Å². The molecule has 0 saturated carbocycles. The Morgan fingerprint density at radius 1 is 1.46 bits per heavy atom. The Balaban J connectivity index is 2.35. The largest absolute Gasteiger partial charge is 0.380 e. The lowest BCUT2D eigenvalue weighted by Crippen LogP contribution is -1.79. The van der Waals surface area contributed by atoms with Crippen molar-refractivity contribution in [1.82, 2.24) is 10.1 Å². The average Bonchev–Trinajstić information content (AvgIpc) is 2.71. The molecule has 0 aliphatic heterocycles. The zero-order valence-electron chi connectivity index (χ0n) is 7.37. The second kappa shape index (κ2) is 3.18. The number of nitrogens with zero attached hydrogens (tertiary/aromatic N) is 2. The van der Waals surface area contributed by atoms with E-state index in [9.17, 15) is 0 Å². The zero-order valence-corrected chi connectivity index (χ0v) is 8.18. The summed E-state index contributed by atoms with van der Waals surface area (Å²) in [6, 6.07) is 3.95. The highest BCUT2D eigenvalue weighted by Gasteiger charge is 2.08. The van der Waals surface area contributed by atoms with E-state index in [2.05, 4.69) is 15.5 Å². The molecule has 2 rings (SSSR count). The lowest BCUT2D eigenvalue weighted by Gasteiger charge is -1.88. The molecule has 0 spiro atoms. The summed E-state index contributed by atoms with van der Waals surface area (Å²) in [4.78, 5) is 5.12. The summed E-state index contributed by atoms with van der Waals surface area (Å²) in [5.74, 6) is 1.25. The third-order valence-electron chi connectivity index (χ3n) is 1.59. The predicted octanol–water partition coefficient (Wildman–Crippen LogP) is 2.15. The van der Waals surface area contributed by atoms with Gasteiger partial charge >= 0.3 is 0 Å². The Bertz CT molecular complexity index is 407. The van der Waals surface area contributed by atoms with E-state index in [1.165, 1.54) is 0 Å². The predicted molar refractivity (Wildman–Crippen MR) is 51.9 cm³/mol. The van der Waals surface area contributed by atoms with Crippen molar-refractivity contribution in [2.45, 2.75) is 6.92 Å². The minimum atomic E-state index is 0.587. The van der Waals surface area contributed by atoms with E-state index in [-0.39, 0.29) is 0 Å². The lowest BCUT2D eigenvalue weighted by molar-refractivity contribution is 0.426. The van der Waals surface area contributed by atoms with Crippen molar-refractivity contribution in [3.63, 3.8) is 0 Å². The van der Waals surface area contributed by atoms with Crippen molar-refractivity contribution >= 4 is 16.3 Å². The zero-order chi connectivity index (χ0) is 9.26. The highest BCUT2D eigenvalue weighted by molar-refractivity contribution is 7.19. The maximum atomic E-state index is 5.03. The molecule has 0 aliphatic rings. The molecule has 2 heterocycles. The molecule has 2 aromatic rings. The standard InChI is InChI=1S/C8H9N3OS/c1-5-10-8(12-11-5)6-3-4-7(9-2)13-6/h3-4,9H,1-2H3.